The first-order chi connectivity index (χ1) is 9.26. The van der Waals surface area contributed by atoms with Crippen LogP contribution in [0.4, 0.5) is 0 Å². The van der Waals surface area contributed by atoms with Gasteiger partial charge in [-0.3, -0.25) is 0 Å². The van der Waals surface area contributed by atoms with Gasteiger partial charge in [-0.2, -0.15) is 0 Å². The summed E-state index contributed by atoms with van der Waals surface area (Å²) in [6.07, 6.45) is -1.55. The van der Waals surface area contributed by atoms with Crippen molar-refractivity contribution in [1.82, 2.24) is 0 Å². The van der Waals surface area contributed by atoms with Crippen molar-refractivity contribution in [2.45, 2.75) is 30.8 Å². The summed E-state index contributed by atoms with van der Waals surface area (Å²) in [6.45, 7) is -0.126. The average molecular weight is 268 g/mol. The molecule has 2 N–H and O–H groups in total. The number of hydrogen-bond donors (Lipinski definition) is 2. The maximum atomic E-state index is 10.1. The van der Waals surface area contributed by atoms with Crippen LogP contribution in [0.25, 0.3) is 0 Å². The largest absolute Gasteiger partial charge is 0.394 e. The third kappa shape index (κ3) is 3.52. The lowest BCUT2D eigenvalue weighted by Gasteiger charge is -2.38. The topological polar surface area (TPSA) is 68.2 Å². The van der Waals surface area contributed by atoms with Crippen molar-refractivity contribution < 1.29 is 24.4 Å². The zero-order valence-corrected chi connectivity index (χ0v) is 10.9. The first kappa shape index (κ1) is 14.4. The fourth-order valence-corrected chi connectivity index (χ4v) is 2.29. The maximum absolute atomic E-state index is 10.1. The molecule has 2 rings (SSSR count). The number of benzene rings is 1. The molecule has 1 fully saturated rings. The molecule has 0 bridgehead atoms. The lowest BCUT2D eigenvalue weighted by Crippen LogP contribution is -2.48. The van der Waals surface area contributed by atoms with Crippen molar-refractivity contribution in [2.24, 2.45) is 0 Å². The fraction of sp³-hybridized carbons (Fsp3) is 0.571. The molecule has 5 nitrogen and oxygen atoms in total. The van der Waals surface area contributed by atoms with Gasteiger partial charge < -0.3 is 24.4 Å². The van der Waals surface area contributed by atoms with Crippen LogP contribution in [0.2, 0.25) is 0 Å². The molecule has 106 valence electrons. The summed E-state index contributed by atoms with van der Waals surface area (Å²) in [5, 5.41) is 19.4. The molecule has 0 aliphatic carbocycles. The first-order valence-corrected chi connectivity index (χ1v) is 6.36. The van der Waals surface area contributed by atoms with E-state index < -0.39 is 18.3 Å². The van der Waals surface area contributed by atoms with Gasteiger partial charge in [0.2, 0.25) is 0 Å². The molecule has 1 aliphatic heterocycles. The van der Waals surface area contributed by atoms with Crippen LogP contribution in [-0.2, 0) is 14.2 Å². The highest BCUT2D eigenvalue weighted by atomic mass is 16.7. The van der Waals surface area contributed by atoms with Gasteiger partial charge >= 0.3 is 0 Å². The smallest absolute Gasteiger partial charge is 0.146 e. The standard InChI is InChI=1S/C14H20O5/c1-17-9-18-12-7-11(10-5-3-2-4-6-10)19-13(8-15)14(12)16/h2-6,11-16H,7-9H2,1H3/t11-,12+,13-,14+/m1/s1. The first-order valence-electron chi connectivity index (χ1n) is 6.36. The van der Waals surface area contributed by atoms with Crippen molar-refractivity contribution in [3.63, 3.8) is 0 Å². The van der Waals surface area contributed by atoms with Gasteiger partial charge in [0.1, 0.15) is 19.0 Å². The Morgan fingerprint density at radius 3 is 2.68 bits per heavy atom. The van der Waals surface area contributed by atoms with Crippen molar-refractivity contribution in [2.75, 3.05) is 20.5 Å². The second kappa shape index (κ2) is 6.98. The molecule has 0 unspecified atom stereocenters. The van der Waals surface area contributed by atoms with Crippen LogP contribution in [0.1, 0.15) is 18.1 Å². The molecule has 19 heavy (non-hydrogen) atoms. The fourth-order valence-electron chi connectivity index (χ4n) is 2.29. The van der Waals surface area contributed by atoms with Crippen LogP contribution in [0.3, 0.4) is 0 Å². The van der Waals surface area contributed by atoms with Gasteiger partial charge in [-0.05, 0) is 5.56 Å². The summed E-state index contributed by atoms with van der Waals surface area (Å²) in [4.78, 5) is 0. The Balaban J connectivity index is 2.09. The minimum absolute atomic E-state index is 0.112. The number of methoxy groups -OCH3 is 1. The minimum atomic E-state index is -0.847. The lowest BCUT2D eigenvalue weighted by atomic mass is 9.94. The second-order valence-electron chi connectivity index (χ2n) is 4.59. The quantitative estimate of drug-likeness (QED) is 0.775. The summed E-state index contributed by atoms with van der Waals surface area (Å²) in [6, 6.07) is 9.73. The van der Waals surface area contributed by atoms with Gasteiger partial charge in [-0.15, -0.1) is 0 Å². The molecule has 0 aromatic heterocycles. The van der Waals surface area contributed by atoms with E-state index >= 15 is 0 Å². The molecule has 1 aliphatic rings. The summed E-state index contributed by atoms with van der Waals surface area (Å²) in [5.74, 6) is 0. The Morgan fingerprint density at radius 1 is 1.32 bits per heavy atom. The van der Waals surface area contributed by atoms with Crippen LogP contribution in [0.5, 0.6) is 0 Å². The van der Waals surface area contributed by atoms with Crippen molar-refractivity contribution in [3.8, 4) is 0 Å². The van der Waals surface area contributed by atoms with E-state index in [4.69, 9.17) is 14.2 Å². The Kier molecular flexibility index (Phi) is 5.30. The molecular weight excluding hydrogens is 248 g/mol. The van der Waals surface area contributed by atoms with Crippen molar-refractivity contribution in [1.29, 1.82) is 0 Å². The Morgan fingerprint density at radius 2 is 2.05 bits per heavy atom. The van der Waals surface area contributed by atoms with Gasteiger partial charge in [0, 0.05) is 13.5 Å². The van der Waals surface area contributed by atoms with Gasteiger partial charge in [0.25, 0.3) is 0 Å². The second-order valence-corrected chi connectivity index (χ2v) is 4.59. The van der Waals surface area contributed by atoms with Crippen molar-refractivity contribution >= 4 is 0 Å². The number of ether oxygens (including phenoxy) is 3. The van der Waals surface area contributed by atoms with E-state index in [1.165, 1.54) is 7.11 Å². The van der Waals surface area contributed by atoms with Gasteiger partial charge in [0.05, 0.1) is 18.8 Å². The van der Waals surface area contributed by atoms with E-state index in [-0.39, 0.29) is 19.5 Å². The number of aliphatic hydroxyl groups excluding tert-OH is 2. The van der Waals surface area contributed by atoms with Crippen molar-refractivity contribution in [3.05, 3.63) is 35.9 Å². The molecule has 0 spiro atoms. The molecule has 1 heterocycles. The predicted octanol–water partition coefficient (Wildman–Crippen LogP) is 0.859. The summed E-state index contributed by atoms with van der Waals surface area (Å²) in [7, 11) is 1.53. The SMILES string of the molecule is COCO[C@H]1C[C@H](c2ccccc2)O[C@H](CO)[C@H]1O. The van der Waals surface area contributed by atoms with Gasteiger partial charge in [-0.1, -0.05) is 30.3 Å². The van der Waals surface area contributed by atoms with E-state index in [1.807, 2.05) is 30.3 Å². The zero-order chi connectivity index (χ0) is 13.7. The lowest BCUT2D eigenvalue weighted by molar-refractivity contribution is -0.213. The van der Waals surface area contributed by atoms with Gasteiger partial charge in [-0.25, -0.2) is 0 Å². The van der Waals surface area contributed by atoms with Crippen LogP contribution >= 0.6 is 0 Å². The minimum Gasteiger partial charge on any atom is -0.394 e. The predicted molar refractivity (Wildman–Crippen MR) is 68.5 cm³/mol. The molecule has 4 atom stereocenters. The van der Waals surface area contributed by atoms with Gasteiger partial charge in [0.15, 0.2) is 0 Å². The molecule has 5 heteroatoms. The average Bonchev–Trinajstić information content (AvgIpc) is 2.47. The van der Waals surface area contributed by atoms with Crippen LogP contribution in [0, 0.1) is 0 Å². The van der Waals surface area contributed by atoms with E-state index in [2.05, 4.69) is 0 Å². The highest BCUT2D eigenvalue weighted by molar-refractivity contribution is 5.18. The van der Waals surface area contributed by atoms with E-state index in [0.717, 1.165) is 5.56 Å². The van der Waals surface area contributed by atoms with Crippen LogP contribution in [-0.4, -0.2) is 49.0 Å². The molecule has 1 aromatic rings. The Labute approximate surface area is 112 Å². The molecular formula is C14H20O5. The summed E-state index contributed by atoms with van der Waals surface area (Å²) >= 11 is 0. The monoisotopic (exact) mass is 268 g/mol. The third-order valence-electron chi connectivity index (χ3n) is 3.30. The van der Waals surface area contributed by atoms with E-state index in [9.17, 15) is 10.2 Å². The number of rotatable bonds is 5. The van der Waals surface area contributed by atoms with E-state index in [0.29, 0.717) is 6.42 Å². The number of aliphatic hydroxyl groups is 2. The highest BCUT2D eigenvalue weighted by Crippen LogP contribution is 2.32. The normalized spacial score (nSPS) is 31.3. The van der Waals surface area contributed by atoms with Crippen LogP contribution < -0.4 is 0 Å². The summed E-state index contributed by atoms with van der Waals surface area (Å²) in [5.41, 5.74) is 1.01. The molecule has 0 radical (unpaired) electrons. The molecule has 0 saturated carbocycles. The Hall–Kier alpha value is -0.980. The highest BCUT2D eigenvalue weighted by Gasteiger charge is 2.38. The summed E-state index contributed by atoms with van der Waals surface area (Å²) < 4.78 is 16.1. The molecule has 0 amide bonds. The molecule has 1 saturated heterocycles. The van der Waals surface area contributed by atoms with E-state index in [1.54, 1.807) is 0 Å². The Bertz CT molecular complexity index is 369. The zero-order valence-electron chi connectivity index (χ0n) is 10.9. The molecule has 1 aromatic carbocycles. The maximum Gasteiger partial charge on any atom is 0.146 e. The van der Waals surface area contributed by atoms with Crippen LogP contribution in [0.15, 0.2) is 30.3 Å². The number of hydrogen-bond acceptors (Lipinski definition) is 5. The third-order valence-corrected chi connectivity index (χ3v) is 3.30.